The minimum absolute atomic E-state index is 0. The molecule has 3 aliphatic heterocycles. The van der Waals surface area contributed by atoms with Crippen molar-refractivity contribution in [2.24, 2.45) is 0 Å². The maximum Gasteiger partial charge on any atom is 0.237 e. The molecule has 26 heavy (non-hydrogen) atoms. The van der Waals surface area contributed by atoms with Crippen molar-refractivity contribution in [3.63, 3.8) is 0 Å². The number of fused-ring (bicyclic) bond motifs is 1. The minimum Gasteiger partial charge on any atom is -0.392 e. The largest absolute Gasteiger partial charge is 0.392 e. The number of halogens is 2. The summed E-state index contributed by atoms with van der Waals surface area (Å²) in [5, 5.41) is 15.8. The average Bonchev–Trinajstić information content (AvgIpc) is 3.20. The molecule has 3 saturated heterocycles. The maximum absolute atomic E-state index is 12.3. The van der Waals surface area contributed by atoms with Gasteiger partial charge in [0.05, 0.1) is 24.9 Å². The number of morpholine rings is 1. The lowest BCUT2D eigenvalue weighted by atomic mass is 10.1. The van der Waals surface area contributed by atoms with Crippen LogP contribution in [0, 0.1) is 0 Å². The highest BCUT2D eigenvalue weighted by molar-refractivity contribution is 5.85. The summed E-state index contributed by atoms with van der Waals surface area (Å²) < 4.78 is 6.05. The Morgan fingerprint density at radius 1 is 1.19 bits per heavy atom. The molecule has 0 radical (unpaired) electrons. The molecule has 1 aromatic carbocycles. The first-order valence-electron chi connectivity index (χ1n) is 8.81. The van der Waals surface area contributed by atoms with E-state index in [0.29, 0.717) is 25.6 Å². The van der Waals surface area contributed by atoms with Gasteiger partial charge in [-0.3, -0.25) is 9.69 Å². The van der Waals surface area contributed by atoms with Crippen LogP contribution in [-0.2, 0) is 9.53 Å². The van der Waals surface area contributed by atoms with Gasteiger partial charge in [-0.25, -0.2) is 0 Å². The van der Waals surface area contributed by atoms with Crippen LogP contribution >= 0.6 is 24.8 Å². The van der Waals surface area contributed by atoms with E-state index in [1.165, 1.54) is 5.56 Å². The summed E-state index contributed by atoms with van der Waals surface area (Å²) in [7, 11) is 0. The normalized spacial score (nSPS) is 33.7. The van der Waals surface area contributed by atoms with Gasteiger partial charge in [-0.2, -0.15) is 0 Å². The number of ether oxygens (including phenoxy) is 1. The first-order chi connectivity index (χ1) is 11.7. The second kappa shape index (κ2) is 9.35. The molecule has 5 atom stereocenters. The molecule has 146 valence electrons. The van der Waals surface area contributed by atoms with Gasteiger partial charge in [-0.15, -0.1) is 24.8 Å². The Labute approximate surface area is 166 Å². The molecule has 0 aliphatic carbocycles. The molecular formula is C18H27Cl2N3O3. The van der Waals surface area contributed by atoms with Gasteiger partial charge >= 0.3 is 0 Å². The van der Waals surface area contributed by atoms with Crippen molar-refractivity contribution < 1.29 is 14.6 Å². The number of hydrogen-bond donors (Lipinski definition) is 3. The molecule has 3 N–H and O–H groups in total. The Morgan fingerprint density at radius 3 is 2.65 bits per heavy atom. The number of rotatable bonds is 3. The molecule has 0 bridgehead atoms. The number of β-amino-alcohol motifs (C(OH)–C–C–N with tert-alkyl or cyclic N) is 1. The molecule has 0 saturated carbocycles. The van der Waals surface area contributed by atoms with Crippen molar-refractivity contribution in [1.82, 2.24) is 15.5 Å². The third-order valence-electron chi connectivity index (χ3n) is 5.36. The van der Waals surface area contributed by atoms with Gasteiger partial charge in [-0.1, -0.05) is 30.3 Å². The Kier molecular flexibility index (Phi) is 7.70. The van der Waals surface area contributed by atoms with Crippen LogP contribution in [-0.4, -0.2) is 66.4 Å². The number of carbonyl (C=O) groups excluding carboxylic acids is 1. The zero-order valence-corrected chi connectivity index (χ0v) is 16.2. The Balaban J connectivity index is 0.00000121. The highest BCUT2D eigenvalue weighted by atomic mass is 35.5. The van der Waals surface area contributed by atoms with E-state index in [4.69, 9.17) is 4.74 Å². The highest BCUT2D eigenvalue weighted by Gasteiger charge is 2.39. The summed E-state index contributed by atoms with van der Waals surface area (Å²) in [6, 6.07) is 10.6. The number of benzene rings is 1. The van der Waals surface area contributed by atoms with Gasteiger partial charge in [0.1, 0.15) is 0 Å². The van der Waals surface area contributed by atoms with Crippen molar-refractivity contribution in [3.05, 3.63) is 35.9 Å². The zero-order chi connectivity index (χ0) is 16.5. The van der Waals surface area contributed by atoms with E-state index in [1.54, 1.807) is 0 Å². The van der Waals surface area contributed by atoms with Crippen LogP contribution in [0.25, 0.3) is 0 Å². The van der Waals surface area contributed by atoms with E-state index in [-0.39, 0.29) is 48.9 Å². The van der Waals surface area contributed by atoms with Crippen molar-refractivity contribution in [2.75, 3.05) is 26.2 Å². The lowest BCUT2D eigenvalue weighted by Crippen LogP contribution is -2.46. The first-order valence-corrected chi connectivity index (χ1v) is 8.81. The summed E-state index contributed by atoms with van der Waals surface area (Å²) >= 11 is 0. The van der Waals surface area contributed by atoms with Gasteiger partial charge in [0.2, 0.25) is 5.91 Å². The Morgan fingerprint density at radius 2 is 1.96 bits per heavy atom. The van der Waals surface area contributed by atoms with Crippen LogP contribution in [0.3, 0.4) is 0 Å². The highest BCUT2D eigenvalue weighted by Crippen LogP contribution is 2.30. The molecule has 0 unspecified atom stereocenters. The molecule has 1 aromatic rings. The van der Waals surface area contributed by atoms with E-state index >= 15 is 0 Å². The molecular weight excluding hydrogens is 377 g/mol. The quantitative estimate of drug-likeness (QED) is 0.698. The Bertz CT molecular complexity index is 592. The summed E-state index contributed by atoms with van der Waals surface area (Å²) in [5.41, 5.74) is 1.22. The number of nitrogens with one attached hydrogen (secondary N) is 2. The SMILES string of the molecule is Cl.Cl.O=C(N[C@@H]1C[C@H]2CO[C@@H](c3ccccc3)CN2C1)[C@H]1C[C@@H](O)CN1. The van der Waals surface area contributed by atoms with Gasteiger partial charge < -0.3 is 20.5 Å². The Hall–Kier alpha value is -0.890. The fourth-order valence-electron chi connectivity index (χ4n) is 4.07. The summed E-state index contributed by atoms with van der Waals surface area (Å²) in [6.45, 7) is 2.97. The molecule has 8 heteroatoms. The van der Waals surface area contributed by atoms with E-state index in [1.807, 2.05) is 18.2 Å². The third kappa shape index (κ3) is 4.68. The summed E-state index contributed by atoms with van der Waals surface area (Å²) in [6.07, 6.45) is 1.15. The number of nitrogens with zero attached hydrogens (tertiary/aromatic N) is 1. The third-order valence-corrected chi connectivity index (χ3v) is 5.36. The van der Waals surface area contributed by atoms with E-state index in [9.17, 15) is 9.90 Å². The first kappa shape index (κ1) is 21.4. The van der Waals surface area contributed by atoms with Gasteiger partial charge in [0, 0.05) is 31.7 Å². The van der Waals surface area contributed by atoms with Crippen LogP contribution < -0.4 is 10.6 Å². The van der Waals surface area contributed by atoms with Crippen LogP contribution in [0.5, 0.6) is 0 Å². The van der Waals surface area contributed by atoms with Crippen LogP contribution in [0.15, 0.2) is 30.3 Å². The number of carbonyl (C=O) groups is 1. The van der Waals surface area contributed by atoms with Crippen LogP contribution in [0.2, 0.25) is 0 Å². The smallest absolute Gasteiger partial charge is 0.237 e. The molecule has 0 spiro atoms. The topological polar surface area (TPSA) is 73.8 Å². The second-order valence-corrected chi connectivity index (χ2v) is 7.13. The van der Waals surface area contributed by atoms with Crippen LogP contribution in [0.4, 0.5) is 0 Å². The standard InChI is InChI=1S/C18H25N3O3.2ClH/c22-15-7-16(19-8-15)18(23)20-13-6-14-11-24-17(10-21(14)9-13)12-4-2-1-3-5-12;;/h1-5,13-17,19,22H,6-11H2,(H,20,23);2*1H/t13-,14+,15-,16-,17-;;/m1../s1. The number of aliphatic hydroxyl groups excluding tert-OH is 1. The van der Waals surface area contributed by atoms with Crippen molar-refractivity contribution in [2.45, 2.75) is 43.2 Å². The van der Waals surface area contributed by atoms with Gasteiger partial charge in [0.25, 0.3) is 0 Å². The second-order valence-electron chi connectivity index (χ2n) is 7.13. The molecule has 3 fully saturated rings. The minimum atomic E-state index is -0.407. The molecule has 3 aliphatic rings. The van der Waals surface area contributed by atoms with Crippen molar-refractivity contribution in [3.8, 4) is 0 Å². The molecule has 4 rings (SSSR count). The molecule has 0 aromatic heterocycles. The summed E-state index contributed by atoms with van der Waals surface area (Å²) in [4.78, 5) is 14.7. The van der Waals surface area contributed by atoms with E-state index in [0.717, 1.165) is 19.5 Å². The molecule has 3 heterocycles. The predicted octanol–water partition coefficient (Wildman–Crippen LogP) is 0.883. The van der Waals surface area contributed by atoms with Gasteiger partial charge in [0.15, 0.2) is 0 Å². The van der Waals surface area contributed by atoms with Crippen molar-refractivity contribution in [1.29, 1.82) is 0 Å². The maximum atomic E-state index is 12.3. The van der Waals surface area contributed by atoms with E-state index < -0.39 is 6.10 Å². The predicted molar refractivity (Wildman–Crippen MR) is 104 cm³/mol. The van der Waals surface area contributed by atoms with E-state index in [2.05, 4.69) is 27.7 Å². The summed E-state index contributed by atoms with van der Waals surface area (Å²) in [5.74, 6) is 0.0110. The fourth-order valence-corrected chi connectivity index (χ4v) is 4.07. The number of aliphatic hydroxyl groups is 1. The van der Waals surface area contributed by atoms with Gasteiger partial charge in [-0.05, 0) is 18.4 Å². The lowest BCUT2D eigenvalue weighted by Gasteiger charge is -2.35. The monoisotopic (exact) mass is 403 g/mol. The van der Waals surface area contributed by atoms with Crippen molar-refractivity contribution >= 4 is 30.7 Å². The lowest BCUT2D eigenvalue weighted by molar-refractivity contribution is -0.123. The molecule has 1 amide bonds. The van der Waals surface area contributed by atoms with Crippen LogP contribution in [0.1, 0.15) is 24.5 Å². The molecule has 6 nitrogen and oxygen atoms in total. The average molecular weight is 404 g/mol. The zero-order valence-electron chi connectivity index (χ0n) is 14.5. The fraction of sp³-hybridized carbons (Fsp3) is 0.611. The number of amides is 1. The number of hydrogen-bond acceptors (Lipinski definition) is 5.